The Labute approximate surface area is 246 Å². The van der Waals surface area contributed by atoms with Gasteiger partial charge in [0.25, 0.3) is 0 Å². The van der Waals surface area contributed by atoms with Crippen molar-refractivity contribution in [2.75, 3.05) is 11.9 Å². The van der Waals surface area contributed by atoms with Crippen LogP contribution in [0.2, 0.25) is 0 Å². The molecule has 1 heterocycles. The van der Waals surface area contributed by atoms with Gasteiger partial charge in [0.05, 0.1) is 18.0 Å². The predicted octanol–water partition coefficient (Wildman–Crippen LogP) is 6.51. The summed E-state index contributed by atoms with van der Waals surface area (Å²) in [6.07, 6.45) is 8.23. The summed E-state index contributed by atoms with van der Waals surface area (Å²) in [7, 11) is 0. The third-order valence-electron chi connectivity index (χ3n) is 7.87. The Balaban J connectivity index is 1.68. The van der Waals surface area contributed by atoms with E-state index in [4.69, 9.17) is 0 Å². The maximum absolute atomic E-state index is 13.9. The SMILES string of the molecule is C=CC(NCCC)c1ccc(CN2NC3C=C(CC(C)C)CC(=O)C(CC)=CC(=O)C3C2Nc2ccccc2)cc1. The lowest BCUT2D eigenvalue weighted by Crippen LogP contribution is -2.44. The maximum Gasteiger partial charge on any atom is 0.164 e. The second kappa shape index (κ2) is 14.5. The van der Waals surface area contributed by atoms with Crippen molar-refractivity contribution in [1.82, 2.24) is 15.8 Å². The van der Waals surface area contributed by atoms with Gasteiger partial charge in [0.1, 0.15) is 6.17 Å². The fourth-order valence-corrected chi connectivity index (χ4v) is 5.84. The normalized spacial score (nSPS) is 22.3. The molecule has 0 bridgehead atoms. The van der Waals surface area contributed by atoms with E-state index < -0.39 is 5.92 Å². The van der Waals surface area contributed by atoms with Crippen molar-refractivity contribution < 1.29 is 9.59 Å². The lowest BCUT2D eigenvalue weighted by atomic mass is 9.90. The van der Waals surface area contributed by atoms with Crippen LogP contribution in [0.15, 0.2) is 90.6 Å². The maximum atomic E-state index is 13.9. The number of nitrogens with one attached hydrogen (secondary N) is 3. The fourth-order valence-electron chi connectivity index (χ4n) is 5.84. The number of hydrogen-bond acceptors (Lipinski definition) is 6. The molecule has 1 fully saturated rings. The Hall–Kier alpha value is -3.32. The summed E-state index contributed by atoms with van der Waals surface area (Å²) in [5.41, 5.74) is 8.66. The topological polar surface area (TPSA) is 73.5 Å². The Morgan fingerprint density at radius 3 is 2.44 bits per heavy atom. The molecule has 2 aromatic rings. The van der Waals surface area contributed by atoms with Gasteiger partial charge in [-0.05, 0) is 66.6 Å². The van der Waals surface area contributed by atoms with Gasteiger partial charge in [-0.1, -0.05) is 87.9 Å². The van der Waals surface area contributed by atoms with E-state index in [0.29, 0.717) is 30.9 Å². The Bertz CT molecular complexity index is 1250. The van der Waals surface area contributed by atoms with Gasteiger partial charge in [0.15, 0.2) is 11.6 Å². The molecule has 41 heavy (non-hydrogen) atoms. The number of rotatable bonds is 12. The number of carbonyl (C=O) groups is 2. The molecule has 0 spiro atoms. The van der Waals surface area contributed by atoms with E-state index in [1.807, 2.05) is 43.3 Å². The van der Waals surface area contributed by atoms with Crippen LogP contribution in [0.5, 0.6) is 0 Å². The summed E-state index contributed by atoms with van der Waals surface area (Å²) in [6, 6.07) is 18.5. The molecule has 6 heteroatoms. The molecule has 2 aliphatic rings. The van der Waals surface area contributed by atoms with Gasteiger partial charge in [-0.3, -0.25) is 9.59 Å². The molecular weight excluding hydrogens is 508 g/mol. The molecule has 4 unspecified atom stereocenters. The first-order chi connectivity index (χ1) is 19.8. The van der Waals surface area contributed by atoms with Gasteiger partial charge in [-0.25, -0.2) is 10.4 Å². The highest BCUT2D eigenvalue weighted by Gasteiger charge is 2.45. The average molecular weight is 555 g/mol. The molecule has 1 aliphatic heterocycles. The molecule has 218 valence electrons. The average Bonchev–Trinajstić information content (AvgIpc) is 3.29. The minimum atomic E-state index is -0.396. The minimum absolute atomic E-state index is 0.0168. The van der Waals surface area contributed by atoms with E-state index in [9.17, 15) is 9.59 Å². The van der Waals surface area contributed by atoms with Gasteiger partial charge < -0.3 is 10.6 Å². The van der Waals surface area contributed by atoms with Gasteiger partial charge in [0.2, 0.25) is 0 Å². The number of hydrogen-bond donors (Lipinski definition) is 3. The molecule has 6 nitrogen and oxygen atoms in total. The van der Waals surface area contributed by atoms with E-state index in [2.05, 4.69) is 78.8 Å². The number of ketones is 2. The van der Waals surface area contributed by atoms with E-state index in [-0.39, 0.29) is 29.8 Å². The Morgan fingerprint density at radius 2 is 1.80 bits per heavy atom. The number of allylic oxidation sites excluding steroid dienone is 3. The third kappa shape index (κ3) is 7.91. The quantitative estimate of drug-likeness (QED) is 0.260. The van der Waals surface area contributed by atoms with Crippen LogP contribution in [0.4, 0.5) is 5.69 Å². The fraction of sp³-hybridized carbons (Fsp3) is 0.429. The van der Waals surface area contributed by atoms with E-state index in [0.717, 1.165) is 36.2 Å². The number of Topliss-reactive ketones (excluding diaryl/α,β-unsaturated/α-hetero) is 1. The first-order valence-electron chi connectivity index (χ1n) is 15.1. The van der Waals surface area contributed by atoms with Crippen molar-refractivity contribution in [3.05, 3.63) is 102 Å². The summed E-state index contributed by atoms with van der Waals surface area (Å²) in [4.78, 5) is 27.0. The van der Waals surface area contributed by atoms with Gasteiger partial charge in [-0.15, -0.1) is 6.58 Å². The molecule has 1 saturated heterocycles. The molecule has 1 aliphatic carbocycles. The van der Waals surface area contributed by atoms with Crippen molar-refractivity contribution in [2.24, 2.45) is 11.8 Å². The Morgan fingerprint density at radius 1 is 1.07 bits per heavy atom. The highest BCUT2D eigenvalue weighted by atomic mass is 16.1. The molecule has 3 N–H and O–H groups in total. The molecule has 4 rings (SSSR count). The van der Waals surface area contributed by atoms with Crippen LogP contribution in [0.1, 0.15) is 70.5 Å². The highest BCUT2D eigenvalue weighted by molar-refractivity contribution is 6.05. The zero-order valence-corrected chi connectivity index (χ0v) is 25.0. The number of para-hydroxylation sites is 1. The van der Waals surface area contributed by atoms with E-state index in [1.165, 1.54) is 5.56 Å². The van der Waals surface area contributed by atoms with Gasteiger partial charge in [0, 0.05) is 18.7 Å². The van der Waals surface area contributed by atoms with Crippen molar-refractivity contribution in [3.8, 4) is 0 Å². The monoisotopic (exact) mass is 554 g/mol. The first kappa shape index (κ1) is 30.6. The van der Waals surface area contributed by atoms with Crippen molar-refractivity contribution in [3.63, 3.8) is 0 Å². The second-order valence-corrected chi connectivity index (χ2v) is 11.6. The number of nitrogens with zero attached hydrogens (tertiary/aromatic N) is 1. The smallest absolute Gasteiger partial charge is 0.164 e. The largest absolute Gasteiger partial charge is 0.368 e. The van der Waals surface area contributed by atoms with Crippen molar-refractivity contribution >= 4 is 17.3 Å². The molecular formula is C35H46N4O2. The molecule has 2 aromatic carbocycles. The van der Waals surface area contributed by atoms with Crippen LogP contribution >= 0.6 is 0 Å². The van der Waals surface area contributed by atoms with Crippen LogP contribution in [0.3, 0.4) is 0 Å². The second-order valence-electron chi connectivity index (χ2n) is 11.6. The Kier molecular flexibility index (Phi) is 10.9. The summed E-state index contributed by atoms with van der Waals surface area (Å²) < 4.78 is 0. The van der Waals surface area contributed by atoms with Gasteiger partial charge >= 0.3 is 0 Å². The van der Waals surface area contributed by atoms with Gasteiger partial charge in [-0.2, -0.15) is 0 Å². The zero-order chi connectivity index (χ0) is 29.4. The summed E-state index contributed by atoms with van der Waals surface area (Å²) in [5.74, 6) is 0.0614. The number of anilines is 1. The minimum Gasteiger partial charge on any atom is -0.368 e. The number of benzene rings is 2. The number of hydrazine groups is 1. The molecule has 4 atom stereocenters. The van der Waals surface area contributed by atoms with Crippen molar-refractivity contribution in [1.29, 1.82) is 0 Å². The predicted molar refractivity (Wildman–Crippen MR) is 168 cm³/mol. The molecule has 0 aromatic heterocycles. The lowest BCUT2D eigenvalue weighted by molar-refractivity contribution is -0.119. The lowest BCUT2D eigenvalue weighted by Gasteiger charge is -2.28. The van der Waals surface area contributed by atoms with E-state index >= 15 is 0 Å². The highest BCUT2D eigenvalue weighted by Crippen LogP contribution is 2.32. The van der Waals surface area contributed by atoms with Crippen LogP contribution in [-0.4, -0.2) is 35.3 Å². The zero-order valence-electron chi connectivity index (χ0n) is 25.0. The summed E-state index contributed by atoms with van der Waals surface area (Å²) >= 11 is 0. The van der Waals surface area contributed by atoms with E-state index in [1.54, 1.807) is 6.08 Å². The molecule has 0 saturated carbocycles. The number of carbonyl (C=O) groups excluding carboxylic acids is 2. The van der Waals surface area contributed by atoms with Crippen LogP contribution < -0.4 is 16.1 Å². The van der Waals surface area contributed by atoms with Crippen LogP contribution in [-0.2, 0) is 16.1 Å². The first-order valence-corrected chi connectivity index (χ1v) is 15.1. The number of fused-ring (bicyclic) bond motifs is 1. The molecule has 0 radical (unpaired) electrons. The van der Waals surface area contributed by atoms with Crippen molar-refractivity contribution in [2.45, 2.75) is 78.2 Å². The summed E-state index contributed by atoms with van der Waals surface area (Å²) in [5, 5.41) is 9.32. The molecule has 0 amide bonds. The standard InChI is InChI=1S/C35H46N4O2/c1-6-18-36-30(8-3)28-16-14-25(15-17-28)23-39-35(37-29-12-10-9-11-13-29)34-31(38-39)20-26(19-24(4)5)21-32(40)27(7-2)22-33(34)41/h8-17,20,22,24,30-31,34-38H,3,6-7,18-19,21,23H2,1-2,4-5H3. The van der Waals surface area contributed by atoms with Crippen LogP contribution in [0, 0.1) is 11.8 Å². The van der Waals surface area contributed by atoms with Crippen LogP contribution in [0.25, 0.3) is 0 Å². The summed E-state index contributed by atoms with van der Waals surface area (Å²) in [6.45, 7) is 14.0. The third-order valence-corrected chi connectivity index (χ3v) is 7.87.